The Kier molecular flexibility index (Phi) is 5.95. The van der Waals surface area contributed by atoms with E-state index in [2.05, 4.69) is 57.3 Å². The molecule has 0 bridgehead atoms. The van der Waals surface area contributed by atoms with Crippen molar-refractivity contribution in [3.05, 3.63) is 51.0 Å². The van der Waals surface area contributed by atoms with Gasteiger partial charge in [0.15, 0.2) is 0 Å². The number of aryl methyl sites for hydroxylation is 3. The number of thiazole rings is 1. The van der Waals surface area contributed by atoms with Crippen molar-refractivity contribution in [2.45, 2.75) is 53.0 Å². The third kappa shape index (κ3) is 4.94. The van der Waals surface area contributed by atoms with Gasteiger partial charge in [-0.05, 0) is 45.7 Å². The molecule has 1 aromatic heterocycles. The average molecular weight is 302 g/mol. The molecule has 2 nitrogen and oxygen atoms in total. The highest BCUT2D eigenvalue weighted by molar-refractivity contribution is 7.11. The number of hydrogen-bond donors (Lipinski definition) is 1. The fraction of sp³-hybridized carbons (Fsp3) is 0.500. The van der Waals surface area contributed by atoms with Gasteiger partial charge >= 0.3 is 0 Å². The van der Waals surface area contributed by atoms with Gasteiger partial charge < -0.3 is 5.32 Å². The second-order valence-corrected chi connectivity index (χ2v) is 7.08. The molecule has 2 rings (SSSR count). The molecule has 114 valence electrons. The van der Waals surface area contributed by atoms with Crippen LogP contribution in [0.2, 0.25) is 0 Å². The van der Waals surface area contributed by atoms with E-state index in [-0.39, 0.29) is 0 Å². The summed E-state index contributed by atoms with van der Waals surface area (Å²) in [6.07, 6.45) is 3.26. The Labute approximate surface area is 132 Å². The van der Waals surface area contributed by atoms with Crippen LogP contribution in [0.4, 0.5) is 0 Å². The van der Waals surface area contributed by atoms with Crippen LogP contribution in [0.25, 0.3) is 0 Å². The zero-order valence-corrected chi connectivity index (χ0v) is 14.4. The summed E-state index contributed by atoms with van der Waals surface area (Å²) in [5.41, 5.74) is 3.90. The van der Waals surface area contributed by atoms with Gasteiger partial charge in [0.2, 0.25) is 0 Å². The monoisotopic (exact) mass is 302 g/mol. The fourth-order valence-corrected chi connectivity index (χ4v) is 3.42. The Morgan fingerprint density at radius 2 is 1.81 bits per heavy atom. The summed E-state index contributed by atoms with van der Waals surface area (Å²) in [4.78, 5) is 6.03. The van der Waals surface area contributed by atoms with Crippen molar-refractivity contribution in [3.8, 4) is 0 Å². The highest BCUT2D eigenvalue weighted by Gasteiger charge is 2.13. The maximum atomic E-state index is 4.69. The predicted molar refractivity (Wildman–Crippen MR) is 92.3 cm³/mol. The Morgan fingerprint density at radius 3 is 2.38 bits per heavy atom. The van der Waals surface area contributed by atoms with Crippen LogP contribution in [-0.2, 0) is 12.8 Å². The van der Waals surface area contributed by atoms with Crippen molar-refractivity contribution in [1.29, 1.82) is 0 Å². The zero-order valence-electron chi connectivity index (χ0n) is 13.6. The quantitative estimate of drug-likeness (QED) is 0.828. The Bertz CT molecular complexity index is 538. The van der Waals surface area contributed by atoms with Crippen LogP contribution >= 0.6 is 11.3 Å². The molecule has 1 aromatic carbocycles. The molecule has 1 atom stereocenters. The van der Waals surface area contributed by atoms with Gasteiger partial charge in [-0.2, -0.15) is 0 Å². The van der Waals surface area contributed by atoms with Crippen LogP contribution < -0.4 is 5.32 Å². The molecular weight excluding hydrogens is 276 g/mol. The van der Waals surface area contributed by atoms with Crippen LogP contribution in [0, 0.1) is 20.8 Å². The molecule has 0 spiro atoms. The van der Waals surface area contributed by atoms with Gasteiger partial charge in [0, 0.05) is 17.3 Å². The van der Waals surface area contributed by atoms with Gasteiger partial charge in [-0.3, -0.25) is 0 Å². The minimum absolute atomic E-state index is 0.470. The first kappa shape index (κ1) is 16.2. The van der Waals surface area contributed by atoms with Crippen molar-refractivity contribution in [2.75, 3.05) is 6.54 Å². The molecule has 0 radical (unpaired) electrons. The van der Waals surface area contributed by atoms with E-state index in [0.29, 0.717) is 6.04 Å². The SMILES string of the molecule is CCCNC(Cc1ccc(C)cc1)Cc1nc(C)c(C)s1. The molecular formula is C18H26N2S. The number of aromatic nitrogens is 1. The molecule has 0 aliphatic carbocycles. The molecule has 0 aliphatic heterocycles. The van der Waals surface area contributed by atoms with Crippen LogP contribution in [-0.4, -0.2) is 17.6 Å². The summed E-state index contributed by atoms with van der Waals surface area (Å²) in [5.74, 6) is 0. The number of hydrogen-bond acceptors (Lipinski definition) is 3. The molecule has 1 heterocycles. The van der Waals surface area contributed by atoms with E-state index < -0.39 is 0 Å². The van der Waals surface area contributed by atoms with E-state index in [4.69, 9.17) is 4.98 Å². The van der Waals surface area contributed by atoms with Crippen molar-refractivity contribution >= 4 is 11.3 Å². The van der Waals surface area contributed by atoms with E-state index in [1.165, 1.54) is 33.1 Å². The second kappa shape index (κ2) is 7.71. The van der Waals surface area contributed by atoms with Gasteiger partial charge in [-0.25, -0.2) is 4.98 Å². The maximum Gasteiger partial charge on any atom is 0.0946 e. The minimum Gasteiger partial charge on any atom is -0.313 e. The lowest BCUT2D eigenvalue weighted by molar-refractivity contribution is 0.503. The normalized spacial score (nSPS) is 12.6. The smallest absolute Gasteiger partial charge is 0.0946 e. The van der Waals surface area contributed by atoms with Gasteiger partial charge in [-0.15, -0.1) is 11.3 Å². The lowest BCUT2D eigenvalue weighted by Crippen LogP contribution is -2.33. The number of nitrogens with zero attached hydrogens (tertiary/aromatic N) is 1. The standard InChI is InChI=1S/C18H26N2S/c1-5-10-19-17(11-16-8-6-13(2)7-9-16)12-18-20-14(3)15(4)21-18/h6-9,17,19H,5,10-12H2,1-4H3. The summed E-state index contributed by atoms with van der Waals surface area (Å²) in [7, 11) is 0. The van der Waals surface area contributed by atoms with Crippen LogP contribution in [0.3, 0.4) is 0 Å². The minimum atomic E-state index is 0.470. The van der Waals surface area contributed by atoms with Crippen LogP contribution in [0.1, 0.15) is 40.1 Å². The van der Waals surface area contributed by atoms with Crippen LogP contribution in [0.15, 0.2) is 24.3 Å². The summed E-state index contributed by atoms with van der Waals surface area (Å²) < 4.78 is 0. The molecule has 1 N–H and O–H groups in total. The van der Waals surface area contributed by atoms with Gasteiger partial charge in [0.1, 0.15) is 0 Å². The summed E-state index contributed by atoms with van der Waals surface area (Å²) in [6, 6.07) is 9.36. The Morgan fingerprint density at radius 1 is 1.10 bits per heavy atom. The molecule has 0 aliphatic rings. The van der Waals surface area contributed by atoms with Crippen molar-refractivity contribution < 1.29 is 0 Å². The lowest BCUT2D eigenvalue weighted by Gasteiger charge is -2.17. The van der Waals surface area contributed by atoms with E-state index in [1.54, 1.807) is 0 Å². The van der Waals surface area contributed by atoms with Crippen molar-refractivity contribution in [2.24, 2.45) is 0 Å². The fourth-order valence-electron chi connectivity index (χ4n) is 2.41. The predicted octanol–water partition coefficient (Wildman–Crippen LogP) is 4.22. The largest absolute Gasteiger partial charge is 0.313 e. The Hall–Kier alpha value is -1.19. The summed E-state index contributed by atoms with van der Waals surface area (Å²) >= 11 is 1.84. The first-order valence-corrected chi connectivity index (χ1v) is 8.62. The molecule has 2 aromatic rings. The highest BCUT2D eigenvalue weighted by atomic mass is 32.1. The van der Waals surface area contributed by atoms with E-state index >= 15 is 0 Å². The van der Waals surface area contributed by atoms with Gasteiger partial charge in [0.25, 0.3) is 0 Å². The molecule has 3 heteroatoms. The van der Waals surface area contributed by atoms with E-state index in [1.807, 2.05) is 11.3 Å². The maximum absolute atomic E-state index is 4.69. The average Bonchev–Trinajstić information content (AvgIpc) is 2.77. The first-order chi connectivity index (χ1) is 10.1. The summed E-state index contributed by atoms with van der Waals surface area (Å²) in [5, 5.41) is 4.93. The molecule has 0 saturated heterocycles. The lowest BCUT2D eigenvalue weighted by atomic mass is 10.0. The number of rotatable bonds is 7. The van der Waals surface area contributed by atoms with E-state index in [0.717, 1.165) is 19.4 Å². The first-order valence-electron chi connectivity index (χ1n) is 7.80. The molecule has 0 amide bonds. The molecule has 21 heavy (non-hydrogen) atoms. The third-order valence-corrected chi connectivity index (χ3v) is 4.87. The zero-order chi connectivity index (χ0) is 15.2. The number of nitrogens with one attached hydrogen (secondary N) is 1. The second-order valence-electron chi connectivity index (χ2n) is 5.79. The van der Waals surface area contributed by atoms with E-state index in [9.17, 15) is 0 Å². The summed E-state index contributed by atoms with van der Waals surface area (Å²) in [6.45, 7) is 9.68. The highest BCUT2D eigenvalue weighted by Crippen LogP contribution is 2.19. The molecule has 1 unspecified atom stereocenters. The van der Waals surface area contributed by atoms with Crippen LogP contribution in [0.5, 0.6) is 0 Å². The molecule has 0 fully saturated rings. The number of benzene rings is 1. The Balaban J connectivity index is 2.04. The van der Waals surface area contributed by atoms with Crippen molar-refractivity contribution in [1.82, 2.24) is 10.3 Å². The van der Waals surface area contributed by atoms with Gasteiger partial charge in [0.05, 0.1) is 10.7 Å². The van der Waals surface area contributed by atoms with Gasteiger partial charge in [-0.1, -0.05) is 36.8 Å². The molecule has 0 saturated carbocycles. The van der Waals surface area contributed by atoms with Crippen molar-refractivity contribution in [3.63, 3.8) is 0 Å². The third-order valence-electron chi connectivity index (χ3n) is 3.78. The topological polar surface area (TPSA) is 24.9 Å².